The van der Waals surface area contributed by atoms with E-state index in [1.807, 2.05) is 51.2 Å². The van der Waals surface area contributed by atoms with Crippen molar-refractivity contribution in [3.05, 3.63) is 101 Å². The van der Waals surface area contributed by atoms with E-state index in [1.165, 1.54) is 55.7 Å². The average Bonchev–Trinajstić information content (AvgIpc) is 3.62. The molecular formula is C42H53N3O5. The van der Waals surface area contributed by atoms with E-state index >= 15 is 0 Å². The molecule has 3 aromatic carbocycles. The molecule has 8 nitrogen and oxygen atoms in total. The Balaban J connectivity index is 1.59. The highest BCUT2D eigenvalue weighted by molar-refractivity contribution is 5.93. The summed E-state index contributed by atoms with van der Waals surface area (Å²) in [6, 6.07) is 20.5. The fourth-order valence-electron chi connectivity index (χ4n) is 7.00. The van der Waals surface area contributed by atoms with Gasteiger partial charge < -0.3 is 19.2 Å². The van der Waals surface area contributed by atoms with Crippen LogP contribution < -0.4 is 9.47 Å². The number of aryl methyl sites for hydroxylation is 1. The summed E-state index contributed by atoms with van der Waals surface area (Å²) in [5.41, 5.74) is 6.41. The van der Waals surface area contributed by atoms with Gasteiger partial charge in [-0.25, -0.2) is 9.78 Å². The number of nitrogens with one attached hydrogen (secondary N) is 1. The van der Waals surface area contributed by atoms with Gasteiger partial charge in [0.1, 0.15) is 22.7 Å². The van der Waals surface area contributed by atoms with Crippen molar-refractivity contribution in [2.24, 2.45) is 5.92 Å². The minimum absolute atomic E-state index is 0.0982. The van der Waals surface area contributed by atoms with Crippen LogP contribution in [0.4, 0.5) is 0 Å². The first-order chi connectivity index (χ1) is 24.0. The molecule has 1 heterocycles. The van der Waals surface area contributed by atoms with Crippen LogP contribution >= 0.6 is 0 Å². The SMILES string of the molecule is CCCCc1cc(-c2ccc(OC)cc2)ccc1C(c1cnc[nH]1)N(Cc1ccc(C(=O)OC(C)(C)C)c(OC(C)=O)c1)CC1CCCCC1. The summed E-state index contributed by atoms with van der Waals surface area (Å²) in [6.45, 7) is 10.5. The predicted octanol–water partition coefficient (Wildman–Crippen LogP) is 9.48. The lowest BCUT2D eigenvalue weighted by Crippen LogP contribution is -2.35. The summed E-state index contributed by atoms with van der Waals surface area (Å²) in [5, 5.41) is 0. The molecule has 8 heteroatoms. The van der Waals surface area contributed by atoms with Crippen LogP contribution in [0.1, 0.15) is 118 Å². The number of aromatic amines is 1. The number of methoxy groups -OCH3 is 1. The summed E-state index contributed by atoms with van der Waals surface area (Å²) in [6.07, 6.45) is 13.0. The maximum Gasteiger partial charge on any atom is 0.342 e. The highest BCUT2D eigenvalue weighted by atomic mass is 16.6. The molecule has 1 unspecified atom stereocenters. The number of carbonyl (C=O) groups is 2. The van der Waals surface area contributed by atoms with Crippen molar-refractivity contribution in [2.75, 3.05) is 13.7 Å². The first-order valence-electron chi connectivity index (χ1n) is 18.1. The van der Waals surface area contributed by atoms with E-state index in [4.69, 9.17) is 14.2 Å². The summed E-state index contributed by atoms with van der Waals surface area (Å²) in [5.74, 6) is 0.601. The number of hydrogen-bond donors (Lipinski definition) is 1. The number of H-pyrrole nitrogens is 1. The van der Waals surface area contributed by atoms with Crippen molar-refractivity contribution in [1.29, 1.82) is 0 Å². The molecule has 0 aliphatic heterocycles. The second-order valence-corrected chi connectivity index (χ2v) is 14.5. The van der Waals surface area contributed by atoms with Crippen LogP contribution in [0.2, 0.25) is 0 Å². The van der Waals surface area contributed by atoms with Gasteiger partial charge in [-0.15, -0.1) is 0 Å². The Bertz CT molecular complexity index is 1700. The van der Waals surface area contributed by atoms with Crippen LogP contribution in [-0.4, -0.2) is 46.1 Å². The lowest BCUT2D eigenvalue weighted by atomic mass is 9.86. The van der Waals surface area contributed by atoms with Crippen LogP contribution in [0.3, 0.4) is 0 Å². The molecule has 0 radical (unpaired) electrons. The van der Waals surface area contributed by atoms with E-state index in [0.29, 0.717) is 12.5 Å². The highest BCUT2D eigenvalue weighted by Gasteiger charge is 2.30. The third kappa shape index (κ3) is 9.84. The normalized spacial score (nSPS) is 14.4. The Hall–Kier alpha value is -4.43. The highest BCUT2D eigenvalue weighted by Crippen LogP contribution is 2.37. The zero-order valence-corrected chi connectivity index (χ0v) is 30.6. The van der Waals surface area contributed by atoms with Gasteiger partial charge in [0.2, 0.25) is 0 Å². The second kappa shape index (κ2) is 17.0. The van der Waals surface area contributed by atoms with Crippen molar-refractivity contribution in [2.45, 2.75) is 104 Å². The zero-order valence-electron chi connectivity index (χ0n) is 30.6. The van der Waals surface area contributed by atoms with Gasteiger partial charge in [0, 0.05) is 26.2 Å². The molecule has 1 aliphatic rings. The Morgan fingerprint density at radius 3 is 2.36 bits per heavy atom. The van der Waals surface area contributed by atoms with E-state index < -0.39 is 17.5 Å². The van der Waals surface area contributed by atoms with E-state index in [1.54, 1.807) is 19.5 Å². The number of esters is 2. The average molecular weight is 680 g/mol. The van der Waals surface area contributed by atoms with Crippen LogP contribution in [0.15, 0.2) is 73.2 Å². The number of aromatic nitrogens is 2. The Kier molecular flexibility index (Phi) is 12.5. The van der Waals surface area contributed by atoms with Gasteiger partial charge in [-0.3, -0.25) is 9.69 Å². The topological polar surface area (TPSA) is 93.8 Å². The van der Waals surface area contributed by atoms with Crippen LogP contribution in [-0.2, 0) is 22.5 Å². The van der Waals surface area contributed by atoms with Gasteiger partial charge in [0.05, 0.1) is 25.2 Å². The van der Waals surface area contributed by atoms with Gasteiger partial charge in [0.25, 0.3) is 0 Å². The monoisotopic (exact) mass is 679 g/mol. The number of nitrogens with zero attached hydrogens (tertiary/aromatic N) is 2. The van der Waals surface area contributed by atoms with Gasteiger partial charge in [-0.05, 0) is 104 Å². The number of imidazole rings is 1. The number of benzene rings is 3. The third-order valence-corrected chi connectivity index (χ3v) is 9.36. The number of rotatable bonds is 14. The largest absolute Gasteiger partial charge is 0.497 e. The molecule has 0 spiro atoms. The number of hydrogen-bond acceptors (Lipinski definition) is 7. The molecule has 1 fully saturated rings. The standard InChI is InChI=1S/C42H53N3O5/c1-7-8-14-34-24-33(32-16-19-35(48-6)20-17-32)18-22-36(34)40(38-25-43-28-44-38)45(26-30-12-10-9-11-13-30)27-31-15-21-37(39(23-31)49-29(2)46)41(47)50-42(3,4)5/h15-25,28,30,40H,7-14,26-27H2,1-6H3,(H,43,44). The molecule has 1 aromatic heterocycles. The van der Waals surface area contributed by atoms with Gasteiger partial charge in [-0.2, -0.15) is 0 Å². The molecule has 0 saturated heterocycles. The van der Waals surface area contributed by atoms with E-state index in [-0.39, 0.29) is 17.4 Å². The smallest absolute Gasteiger partial charge is 0.342 e. The van der Waals surface area contributed by atoms with Crippen molar-refractivity contribution in [3.8, 4) is 22.6 Å². The molecule has 1 saturated carbocycles. The fraction of sp³-hybridized carbons (Fsp3) is 0.452. The van der Waals surface area contributed by atoms with E-state index in [0.717, 1.165) is 48.4 Å². The predicted molar refractivity (Wildman–Crippen MR) is 197 cm³/mol. The van der Waals surface area contributed by atoms with E-state index in [9.17, 15) is 9.59 Å². The first kappa shape index (κ1) is 36.8. The Morgan fingerprint density at radius 2 is 1.72 bits per heavy atom. The van der Waals surface area contributed by atoms with Crippen molar-refractivity contribution in [3.63, 3.8) is 0 Å². The third-order valence-electron chi connectivity index (χ3n) is 9.36. The summed E-state index contributed by atoms with van der Waals surface area (Å²) in [7, 11) is 1.69. The Labute approximate surface area is 297 Å². The minimum atomic E-state index is -0.685. The van der Waals surface area contributed by atoms with E-state index in [2.05, 4.69) is 52.1 Å². The molecule has 266 valence electrons. The molecule has 0 amide bonds. The van der Waals surface area contributed by atoms with Crippen LogP contribution in [0, 0.1) is 5.92 Å². The Morgan fingerprint density at radius 1 is 0.980 bits per heavy atom. The quantitative estimate of drug-likeness (QED) is 0.105. The molecule has 1 N–H and O–H groups in total. The molecule has 0 bridgehead atoms. The zero-order chi connectivity index (χ0) is 35.7. The summed E-state index contributed by atoms with van der Waals surface area (Å²) < 4.78 is 16.7. The number of carbonyl (C=O) groups excluding carboxylic acids is 2. The first-order valence-corrected chi connectivity index (χ1v) is 18.1. The molecule has 4 aromatic rings. The van der Waals surface area contributed by atoms with Crippen LogP contribution in [0.25, 0.3) is 11.1 Å². The molecule has 5 rings (SSSR count). The maximum atomic E-state index is 13.2. The van der Waals surface area contributed by atoms with Crippen molar-refractivity contribution >= 4 is 11.9 Å². The molecular weight excluding hydrogens is 626 g/mol. The van der Waals surface area contributed by atoms with Gasteiger partial charge in [-0.1, -0.05) is 69.0 Å². The molecule has 50 heavy (non-hydrogen) atoms. The van der Waals surface area contributed by atoms with Gasteiger partial charge in [0.15, 0.2) is 0 Å². The van der Waals surface area contributed by atoms with Crippen molar-refractivity contribution in [1.82, 2.24) is 14.9 Å². The number of ether oxygens (including phenoxy) is 3. The summed E-state index contributed by atoms with van der Waals surface area (Å²) in [4.78, 5) is 35.8. The fourth-order valence-corrected chi connectivity index (χ4v) is 7.00. The molecule has 1 aliphatic carbocycles. The van der Waals surface area contributed by atoms with Crippen LogP contribution in [0.5, 0.6) is 11.5 Å². The minimum Gasteiger partial charge on any atom is -0.497 e. The van der Waals surface area contributed by atoms with Crippen molar-refractivity contribution < 1.29 is 23.8 Å². The lowest BCUT2D eigenvalue weighted by molar-refractivity contribution is -0.131. The van der Waals surface area contributed by atoms with Gasteiger partial charge >= 0.3 is 11.9 Å². The molecule has 1 atom stereocenters. The summed E-state index contributed by atoms with van der Waals surface area (Å²) >= 11 is 0. The lowest BCUT2D eigenvalue weighted by Gasteiger charge is -2.36. The second-order valence-electron chi connectivity index (χ2n) is 14.5. The number of unbranched alkanes of at least 4 members (excludes halogenated alkanes) is 1. The maximum absolute atomic E-state index is 13.2.